The van der Waals surface area contributed by atoms with Crippen LogP contribution in [0.1, 0.15) is 17.9 Å². The molecule has 2 aromatic rings. The highest BCUT2D eigenvalue weighted by Gasteiger charge is 2.20. The highest BCUT2D eigenvalue weighted by atomic mass is 127. The number of hydrogen-bond acceptors (Lipinski definition) is 2. The minimum absolute atomic E-state index is 0.468. The van der Waals surface area contributed by atoms with E-state index < -0.39 is 0 Å². The van der Waals surface area contributed by atoms with Crippen molar-refractivity contribution in [2.24, 2.45) is 0 Å². The maximum Gasteiger partial charge on any atom is 0.122 e. The molecule has 0 radical (unpaired) electrons. The van der Waals surface area contributed by atoms with Crippen molar-refractivity contribution < 1.29 is 4.74 Å². The van der Waals surface area contributed by atoms with Crippen LogP contribution in [0.3, 0.4) is 0 Å². The summed E-state index contributed by atoms with van der Waals surface area (Å²) < 4.78 is 6.84. The van der Waals surface area contributed by atoms with Gasteiger partial charge in [0.1, 0.15) is 5.75 Å². The number of hydrogen-bond donors (Lipinski definition) is 1. The predicted octanol–water partition coefficient (Wildman–Crippen LogP) is 4.92. The van der Waals surface area contributed by atoms with Crippen LogP contribution >= 0.6 is 34.2 Å². The number of fused-ring (bicyclic) bond motifs is 1. The van der Waals surface area contributed by atoms with Gasteiger partial charge in [0.15, 0.2) is 0 Å². The average molecular weight is 400 g/mol. The lowest BCUT2D eigenvalue weighted by atomic mass is 9.93. The molecule has 1 N–H and O–H groups in total. The molecule has 0 aromatic heterocycles. The first-order chi connectivity index (χ1) is 9.74. The summed E-state index contributed by atoms with van der Waals surface area (Å²) in [5.41, 5.74) is 2.28. The Labute approximate surface area is 137 Å². The Morgan fingerprint density at radius 2 is 2.10 bits per heavy atom. The Kier molecular flexibility index (Phi) is 4.36. The van der Waals surface area contributed by atoms with Gasteiger partial charge in [-0.1, -0.05) is 29.8 Å². The van der Waals surface area contributed by atoms with E-state index in [1.807, 2.05) is 24.3 Å². The van der Waals surface area contributed by atoms with E-state index in [9.17, 15) is 0 Å². The van der Waals surface area contributed by atoms with Crippen molar-refractivity contribution in [2.45, 2.75) is 12.3 Å². The summed E-state index contributed by atoms with van der Waals surface area (Å²) in [5, 5.41) is 4.24. The molecule has 1 aliphatic heterocycles. The van der Waals surface area contributed by atoms with Gasteiger partial charge >= 0.3 is 0 Å². The lowest BCUT2D eigenvalue weighted by molar-refractivity contribution is 0.270. The van der Waals surface area contributed by atoms with Crippen LogP contribution in [0.2, 0.25) is 5.02 Å². The van der Waals surface area contributed by atoms with Gasteiger partial charge in [-0.3, -0.25) is 0 Å². The van der Waals surface area contributed by atoms with Crippen molar-refractivity contribution in [3.05, 3.63) is 56.6 Å². The smallest absolute Gasteiger partial charge is 0.122 e. The van der Waals surface area contributed by atoms with Gasteiger partial charge < -0.3 is 10.1 Å². The number of benzene rings is 2. The predicted molar refractivity (Wildman–Crippen MR) is 92.0 cm³/mol. The van der Waals surface area contributed by atoms with Crippen LogP contribution in [0.25, 0.3) is 0 Å². The summed E-state index contributed by atoms with van der Waals surface area (Å²) in [7, 11) is 0. The van der Waals surface area contributed by atoms with E-state index in [0.717, 1.165) is 39.6 Å². The van der Waals surface area contributed by atoms with Crippen molar-refractivity contribution in [3.63, 3.8) is 0 Å². The van der Waals surface area contributed by atoms with Gasteiger partial charge in [0.25, 0.3) is 0 Å². The standard InChI is InChI=1S/C16H15ClINO/c17-14-9-12(18)5-6-15(14)19-10-11-7-8-20-16-4-2-1-3-13(11)16/h1-6,9,11,19H,7-8,10H2. The second-order valence-corrected chi connectivity index (χ2v) is 6.53. The van der Waals surface area contributed by atoms with Crippen LogP contribution in [-0.2, 0) is 0 Å². The van der Waals surface area contributed by atoms with Crippen LogP contribution in [0.15, 0.2) is 42.5 Å². The van der Waals surface area contributed by atoms with Crippen LogP contribution in [-0.4, -0.2) is 13.2 Å². The Morgan fingerprint density at radius 3 is 2.95 bits per heavy atom. The molecule has 0 bridgehead atoms. The molecular weight excluding hydrogens is 385 g/mol. The number of ether oxygens (including phenoxy) is 1. The summed E-state index contributed by atoms with van der Waals surface area (Å²) in [5.74, 6) is 1.48. The van der Waals surface area contributed by atoms with E-state index in [1.165, 1.54) is 5.56 Å². The molecule has 20 heavy (non-hydrogen) atoms. The van der Waals surface area contributed by atoms with Crippen LogP contribution in [0.5, 0.6) is 5.75 Å². The fourth-order valence-corrected chi connectivity index (χ4v) is 3.42. The molecule has 0 aliphatic carbocycles. The first kappa shape index (κ1) is 14.0. The molecule has 0 fully saturated rings. The molecule has 1 aliphatic rings. The van der Waals surface area contributed by atoms with Gasteiger partial charge in [0.2, 0.25) is 0 Å². The summed E-state index contributed by atoms with van der Waals surface area (Å²) in [6.07, 6.45) is 1.03. The molecule has 0 saturated carbocycles. The molecule has 0 spiro atoms. The van der Waals surface area contributed by atoms with Crippen LogP contribution in [0, 0.1) is 3.57 Å². The van der Waals surface area contributed by atoms with Gasteiger partial charge in [0.05, 0.1) is 17.3 Å². The second kappa shape index (κ2) is 6.22. The minimum atomic E-state index is 0.468. The summed E-state index contributed by atoms with van der Waals surface area (Å²) in [6, 6.07) is 14.4. The maximum absolute atomic E-state index is 6.26. The topological polar surface area (TPSA) is 21.3 Å². The lowest BCUT2D eigenvalue weighted by Gasteiger charge is -2.26. The van der Waals surface area contributed by atoms with Crippen molar-refractivity contribution in [1.82, 2.24) is 0 Å². The molecule has 2 nitrogen and oxygen atoms in total. The van der Waals surface area contributed by atoms with Crippen molar-refractivity contribution in [1.29, 1.82) is 0 Å². The summed E-state index contributed by atoms with van der Waals surface area (Å²) in [6.45, 7) is 1.66. The van der Waals surface area contributed by atoms with E-state index in [1.54, 1.807) is 0 Å². The quantitative estimate of drug-likeness (QED) is 0.740. The third kappa shape index (κ3) is 3.04. The normalized spacial score (nSPS) is 17.2. The molecule has 0 saturated heterocycles. The number of anilines is 1. The summed E-state index contributed by atoms with van der Waals surface area (Å²) >= 11 is 8.52. The summed E-state index contributed by atoms with van der Waals surface area (Å²) in [4.78, 5) is 0. The van der Waals surface area contributed by atoms with Crippen molar-refractivity contribution >= 4 is 39.9 Å². The van der Waals surface area contributed by atoms with Gasteiger partial charge in [-0.05, 0) is 58.8 Å². The first-order valence-corrected chi connectivity index (χ1v) is 8.10. The monoisotopic (exact) mass is 399 g/mol. The molecule has 104 valence electrons. The van der Waals surface area contributed by atoms with E-state index in [4.69, 9.17) is 16.3 Å². The fraction of sp³-hybridized carbons (Fsp3) is 0.250. The van der Waals surface area contributed by atoms with Crippen molar-refractivity contribution in [3.8, 4) is 5.75 Å². The maximum atomic E-state index is 6.26. The molecule has 2 aromatic carbocycles. The average Bonchev–Trinajstić information content (AvgIpc) is 2.46. The third-order valence-corrected chi connectivity index (χ3v) is 4.54. The zero-order chi connectivity index (χ0) is 13.9. The molecular formula is C16H15ClINO. The highest BCUT2D eigenvalue weighted by Crippen LogP contribution is 2.34. The molecule has 3 rings (SSSR count). The molecule has 0 amide bonds. The minimum Gasteiger partial charge on any atom is -0.493 e. The van der Waals surface area contributed by atoms with Gasteiger partial charge in [-0.15, -0.1) is 0 Å². The fourth-order valence-electron chi connectivity index (χ4n) is 2.49. The highest BCUT2D eigenvalue weighted by molar-refractivity contribution is 14.1. The van der Waals surface area contributed by atoms with Crippen molar-refractivity contribution in [2.75, 3.05) is 18.5 Å². The number of halogens is 2. The Morgan fingerprint density at radius 1 is 1.25 bits per heavy atom. The molecule has 1 atom stereocenters. The number of para-hydroxylation sites is 1. The SMILES string of the molecule is Clc1cc(I)ccc1NCC1CCOc2ccccc21. The van der Waals surface area contributed by atoms with Gasteiger partial charge in [-0.25, -0.2) is 0 Å². The Bertz CT molecular complexity index is 617. The zero-order valence-electron chi connectivity index (χ0n) is 10.9. The second-order valence-electron chi connectivity index (χ2n) is 4.88. The van der Waals surface area contributed by atoms with Crippen LogP contribution < -0.4 is 10.1 Å². The van der Waals surface area contributed by atoms with Gasteiger partial charge in [0, 0.05) is 16.0 Å². The van der Waals surface area contributed by atoms with Crippen LogP contribution in [0.4, 0.5) is 5.69 Å². The van der Waals surface area contributed by atoms with E-state index in [2.05, 4.69) is 46.1 Å². The number of rotatable bonds is 3. The third-order valence-electron chi connectivity index (χ3n) is 3.55. The van der Waals surface area contributed by atoms with Gasteiger partial charge in [-0.2, -0.15) is 0 Å². The van der Waals surface area contributed by atoms with E-state index in [0.29, 0.717) is 5.92 Å². The lowest BCUT2D eigenvalue weighted by Crippen LogP contribution is -2.20. The zero-order valence-corrected chi connectivity index (χ0v) is 13.8. The largest absolute Gasteiger partial charge is 0.493 e. The number of nitrogens with one attached hydrogen (secondary N) is 1. The molecule has 1 unspecified atom stereocenters. The Balaban J connectivity index is 1.73. The Hall–Kier alpha value is -0.940. The molecule has 1 heterocycles. The first-order valence-electron chi connectivity index (χ1n) is 6.64. The van der Waals surface area contributed by atoms with E-state index in [-0.39, 0.29) is 0 Å². The molecule has 4 heteroatoms. The van der Waals surface area contributed by atoms with E-state index >= 15 is 0 Å².